The Kier molecular flexibility index (Phi) is 3.69. The van der Waals surface area contributed by atoms with Crippen LogP contribution in [0.25, 0.3) is 10.9 Å². The molecule has 0 atom stereocenters. The second-order valence-corrected chi connectivity index (χ2v) is 5.15. The number of amides is 1. The van der Waals surface area contributed by atoms with Crippen molar-refractivity contribution in [1.29, 1.82) is 0 Å². The van der Waals surface area contributed by atoms with Crippen LogP contribution in [0.1, 0.15) is 0 Å². The molecule has 7 heteroatoms. The molecular weight excluding hydrogens is 304 g/mol. The zero-order valence-corrected chi connectivity index (χ0v) is 12.2. The van der Waals surface area contributed by atoms with Crippen molar-refractivity contribution in [2.45, 2.75) is 6.54 Å². The molecule has 0 saturated carbocycles. The lowest BCUT2D eigenvalue weighted by atomic mass is 10.3. The second kappa shape index (κ2) is 5.68. The maximum atomic E-state index is 13.5. The maximum Gasteiger partial charge on any atom is 0.259 e. The highest BCUT2D eigenvalue weighted by molar-refractivity contribution is 5.92. The van der Waals surface area contributed by atoms with E-state index in [9.17, 15) is 18.4 Å². The number of carbonyl (C=O) groups is 1. The fraction of sp³-hybridized carbons (Fsp3) is 0.125. The summed E-state index contributed by atoms with van der Waals surface area (Å²) >= 11 is 0. The summed E-state index contributed by atoms with van der Waals surface area (Å²) in [5.41, 5.74) is 0.359. The molecule has 0 aliphatic heterocycles. The lowest BCUT2D eigenvalue weighted by molar-refractivity contribution is -0.116. The molecular formula is C16H13F2N3O2. The third-order valence-electron chi connectivity index (χ3n) is 3.53. The SMILES string of the molecule is Cn1ccc2c(ccn2CC(=O)Nc2ccc(F)cc2F)c1=O. The minimum atomic E-state index is -0.843. The topological polar surface area (TPSA) is 56.0 Å². The van der Waals surface area contributed by atoms with E-state index in [-0.39, 0.29) is 17.8 Å². The summed E-state index contributed by atoms with van der Waals surface area (Å²) in [5.74, 6) is -2.04. The van der Waals surface area contributed by atoms with Gasteiger partial charge in [0, 0.05) is 25.5 Å². The number of hydrogen-bond donors (Lipinski definition) is 1. The summed E-state index contributed by atoms with van der Waals surface area (Å²) < 4.78 is 29.4. The van der Waals surface area contributed by atoms with Crippen molar-refractivity contribution in [2.24, 2.45) is 7.05 Å². The molecule has 0 aliphatic rings. The van der Waals surface area contributed by atoms with Crippen molar-refractivity contribution in [3.8, 4) is 0 Å². The van der Waals surface area contributed by atoms with Gasteiger partial charge in [0.25, 0.3) is 5.56 Å². The number of rotatable bonds is 3. The van der Waals surface area contributed by atoms with Crippen LogP contribution in [-0.4, -0.2) is 15.0 Å². The smallest absolute Gasteiger partial charge is 0.259 e. The Bertz CT molecular complexity index is 960. The van der Waals surface area contributed by atoms with Crippen molar-refractivity contribution in [3.63, 3.8) is 0 Å². The van der Waals surface area contributed by atoms with Gasteiger partial charge in [0.2, 0.25) is 5.91 Å². The highest BCUT2D eigenvalue weighted by Crippen LogP contribution is 2.16. The molecule has 0 unspecified atom stereocenters. The molecule has 0 radical (unpaired) electrons. The Morgan fingerprint density at radius 1 is 1.17 bits per heavy atom. The summed E-state index contributed by atoms with van der Waals surface area (Å²) in [5, 5.41) is 2.88. The molecule has 2 aromatic heterocycles. The number of aryl methyl sites for hydroxylation is 1. The van der Waals surface area contributed by atoms with Gasteiger partial charge in [-0.1, -0.05) is 0 Å². The number of benzene rings is 1. The van der Waals surface area contributed by atoms with Crippen molar-refractivity contribution < 1.29 is 13.6 Å². The number of aromatic nitrogens is 2. The number of pyridine rings is 1. The highest BCUT2D eigenvalue weighted by Gasteiger charge is 2.11. The van der Waals surface area contributed by atoms with Crippen molar-refractivity contribution >= 4 is 22.5 Å². The van der Waals surface area contributed by atoms with E-state index in [2.05, 4.69) is 5.32 Å². The van der Waals surface area contributed by atoms with Gasteiger partial charge in [-0.2, -0.15) is 0 Å². The molecule has 3 aromatic rings. The first kappa shape index (κ1) is 15.0. The van der Waals surface area contributed by atoms with Gasteiger partial charge in [0.1, 0.15) is 18.2 Å². The lowest BCUT2D eigenvalue weighted by Crippen LogP contribution is -2.20. The van der Waals surface area contributed by atoms with Gasteiger partial charge >= 0.3 is 0 Å². The number of fused-ring (bicyclic) bond motifs is 1. The van der Waals surface area contributed by atoms with E-state index in [1.807, 2.05) is 0 Å². The van der Waals surface area contributed by atoms with E-state index in [0.717, 1.165) is 12.1 Å². The molecule has 0 fully saturated rings. The highest BCUT2D eigenvalue weighted by atomic mass is 19.1. The molecule has 1 amide bonds. The zero-order chi connectivity index (χ0) is 16.6. The van der Waals surface area contributed by atoms with Gasteiger partial charge in [-0.15, -0.1) is 0 Å². The molecule has 0 aliphatic carbocycles. The van der Waals surface area contributed by atoms with Crippen LogP contribution < -0.4 is 10.9 Å². The van der Waals surface area contributed by atoms with Crippen LogP contribution in [0, 0.1) is 11.6 Å². The van der Waals surface area contributed by atoms with Gasteiger partial charge in [0.05, 0.1) is 16.6 Å². The number of anilines is 1. The van der Waals surface area contributed by atoms with E-state index in [4.69, 9.17) is 0 Å². The molecule has 1 aromatic carbocycles. The Labute approximate surface area is 129 Å². The van der Waals surface area contributed by atoms with Crippen LogP contribution in [0.3, 0.4) is 0 Å². The van der Waals surface area contributed by atoms with E-state index in [1.54, 1.807) is 36.1 Å². The minimum Gasteiger partial charge on any atom is -0.338 e. The average Bonchev–Trinajstić information content (AvgIpc) is 2.89. The summed E-state index contributed by atoms with van der Waals surface area (Å²) in [7, 11) is 1.64. The normalized spacial score (nSPS) is 10.9. The van der Waals surface area contributed by atoms with E-state index >= 15 is 0 Å². The third kappa shape index (κ3) is 2.85. The Morgan fingerprint density at radius 2 is 1.96 bits per heavy atom. The number of nitrogens with one attached hydrogen (secondary N) is 1. The van der Waals surface area contributed by atoms with Crippen LogP contribution in [0.15, 0.2) is 47.5 Å². The summed E-state index contributed by atoms with van der Waals surface area (Å²) in [4.78, 5) is 24.0. The van der Waals surface area contributed by atoms with Crippen LogP contribution in [0.4, 0.5) is 14.5 Å². The quantitative estimate of drug-likeness (QED) is 0.805. The summed E-state index contributed by atoms with van der Waals surface area (Å²) in [6.07, 6.45) is 3.23. The first-order valence-corrected chi connectivity index (χ1v) is 6.85. The maximum absolute atomic E-state index is 13.5. The molecule has 5 nitrogen and oxygen atoms in total. The molecule has 1 N–H and O–H groups in total. The second-order valence-electron chi connectivity index (χ2n) is 5.15. The Hall–Kier alpha value is -2.96. The number of carbonyl (C=O) groups excluding carboxylic acids is 1. The van der Waals surface area contributed by atoms with E-state index < -0.39 is 17.5 Å². The van der Waals surface area contributed by atoms with Gasteiger partial charge in [-0.3, -0.25) is 9.59 Å². The fourth-order valence-corrected chi connectivity index (χ4v) is 2.36. The van der Waals surface area contributed by atoms with Crippen LogP contribution in [-0.2, 0) is 18.4 Å². The van der Waals surface area contributed by atoms with Crippen LogP contribution in [0.2, 0.25) is 0 Å². The molecule has 118 valence electrons. The van der Waals surface area contributed by atoms with Gasteiger partial charge in [-0.05, 0) is 24.3 Å². The van der Waals surface area contributed by atoms with Crippen molar-refractivity contribution in [2.75, 3.05) is 5.32 Å². The van der Waals surface area contributed by atoms with Crippen LogP contribution >= 0.6 is 0 Å². The Morgan fingerprint density at radius 3 is 2.70 bits per heavy atom. The van der Waals surface area contributed by atoms with E-state index in [1.165, 1.54) is 4.57 Å². The molecule has 23 heavy (non-hydrogen) atoms. The molecule has 3 rings (SSSR count). The monoisotopic (exact) mass is 317 g/mol. The van der Waals surface area contributed by atoms with Gasteiger partial charge in [-0.25, -0.2) is 8.78 Å². The summed E-state index contributed by atoms with van der Waals surface area (Å²) in [6.45, 7) is -0.0898. The first-order chi connectivity index (χ1) is 11.0. The lowest BCUT2D eigenvalue weighted by Gasteiger charge is -2.08. The van der Waals surface area contributed by atoms with Crippen molar-refractivity contribution in [3.05, 3.63) is 64.7 Å². The number of nitrogens with zero attached hydrogens (tertiary/aromatic N) is 2. The zero-order valence-electron chi connectivity index (χ0n) is 12.2. The Balaban J connectivity index is 1.83. The fourth-order valence-electron chi connectivity index (χ4n) is 2.36. The molecule has 0 saturated heterocycles. The number of hydrogen-bond acceptors (Lipinski definition) is 2. The molecule has 0 bridgehead atoms. The number of halogens is 2. The molecule has 2 heterocycles. The predicted octanol–water partition coefficient (Wildman–Crippen LogP) is 2.26. The van der Waals surface area contributed by atoms with Gasteiger partial charge < -0.3 is 14.5 Å². The third-order valence-corrected chi connectivity index (χ3v) is 3.53. The average molecular weight is 317 g/mol. The predicted molar refractivity (Wildman–Crippen MR) is 82.2 cm³/mol. The van der Waals surface area contributed by atoms with Crippen molar-refractivity contribution in [1.82, 2.24) is 9.13 Å². The van der Waals surface area contributed by atoms with Crippen LogP contribution in [0.5, 0.6) is 0 Å². The first-order valence-electron chi connectivity index (χ1n) is 6.85. The minimum absolute atomic E-state index is 0.0898. The van der Waals surface area contributed by atoms with Gasteiger partial charge in [0.15, 0.2) is 0 Å². The van der Waals surface area contributed by atoms with E-state index in [0.29, 0.717) is 17.0 Å². The largest absolute Gasteiger partial charge is 0.338 e. The molecule has 0 spiro atoms. The summed E-state index contributed by atoms with van der Waals surface area (Å²) in [6, 6.07) is 6.27. The standard InChI is InChI=1S/C16H13F2N3O2/c1-20-6-5-14-11(16(20)23)4-7-21(14)9-15(22)19-13-3-2-10(17)8-12(13)18/h2-8H,9H2,1H3,(H,19,22).